The van der Waals surface area contributed by atoms with E-state index in [1.807, 2.05) is 0 Å². The van der Waals surface area contributed by atoms with Crippen LogP contribution in [-0.4, -0.2) is 75.5 Å². The molecule has 266 valence electrons. The molecule has 0 aromatic carbocycles. The van der Waals surface area contributed by atoms with Gasteiger partial charge in [-0.05, 0) is 70.6 Å². The molecular formula is C39H63NO7. The number of hydrogen-bond acceptors (Lipinski definition) is 7. The molecule has 0 amide bonds. The van der Waals surface area contributed by atoms with Crippen molar-refractivity contribution in [2.45, 2.75) is 116 Å². The minimum atomic E-state index is -1.14. The van der Waals surface area contributed by atoms with E-state index < -0.39 is 18.1 Å². The van der Waals surface area contributed by atoms with Gasteiger partial charge in [0, 0.05) is 19.3 Å². The SMILES string of the molecule is CC/C=C/C/C=C/C/C=C/CCCCC(=O)OCC(COCCC(C(=O)[O-])[N+](C)(C)C)OC(=O)CCC/C=C/C/C=C/C/C=C/CC. The molecule has 0 aliphatic rings. The van der Waals surface area contributed by atoms with Crippen molar-refractivity contribution in [3.63, 3.8) is 0 Å². The first-order valence-electron chi connectivity index (χ1n) is 17.5. The average Bonchev–Trinajstić information content (AvgIpc) is 3.01. The number of nitrogens with zero attached hydrogens (tertiary/aromatic N) is 1. The molecule has 0 heterocycles. The molecule has 0 bridgehead atoms. The number of carboxylic acid groups (broad SMARTS) is 1. The quantitative estimate of drug-likeness (QED) is 0.0365. The molecule has 0 aliphatic heterocycles. The Labute approximate surface area is 285 Å². The van der Waals surface area contributed by atoms with Crippen LogP contribution in [-0.2, 0) is 28.6 Å². The van der Waals surface area contributed by atoms with Crippen LogP contribution in [0.4, 0.5) is 0 Å². The monoisotopic (exact) mass is 657 g/mol. The Balaban J connectivity index is 4.63. The summed E-state index contributed by atoms with van der Waals surface area (Å²) in [6.07, 6.45) is 35.2. The van der Waals surface area contributed by atoms with E-state index in [0.717, 1.165) is 57.8 Å². The maximum Gasteiger partial charge on any atom is 0.306 e. The third-order valence-electron chi connectivity index (χ3n) is 7.09. The van der Waals surface area contributed by atoms with Gasteiger partial charge in [-0.3, -0.25) is 9.59 Å². The van der Waals surface area contributed by atoms with Crippen LogP contribution in [0.2, 0.25) is 0 Å². The molecule has 0 fully saturated rings. The summed E-state index contributed by atoms with van der Waals surface area (Å²) >= 11 is 0. The Morgan fingerprint density at radius 2 is 1.13 bits per heavy atom. The first-order valence-corrected chi connectivity index (χ1v) is 17.5. The van der Waals surface area contributed by atoms with Crippen molar-refractivity contribution in [3.8, 4) is 0 Å². The van der Waals surface area contributed by atoms with Crippen molar-refractivity contribution in [1.29, 1.82) is 0 Å². The number of allylic oxidation sites excluding steroid dienone is 12. The second-order valence-electron chi connectivity index (χ2n) is 12.3. The molecule has 0 rings (SSSR count). The van der Waals surface area contributed by atoms with Gasteiger partial charge < -0.3 is 28.6 Å². The number of carbonyl (C=O) groups is 3. The minimum absolute atomic E-state index is 0.00372. The van der Waals surface area contributed by atoms with Gasteiger partial charge in [0.05, 0.1) is 40.3 Å². The third kappa shape index (κ3) is 28.7. The van der Waals surface area contributed by atoms with Crippen molar-refractivity contribution in [2.75, 3.05) is 41.0 Å². The number of quaternary nitrogens is 1. The first-order chi connectivity index (χ1) is 22.6. The molecule has 47 heavy (non-hydrogen) atoms. The minimum Gasteiger partial charge on any atom is -0.544 e. The summed E-state index contributed by atoms with van der Waals surface area (Å²) in [6, 6.07) is -0.741. The summed E-state index contributed by atoms with van der Waals surface area (Å²) in [5.74, 6) is -1.88. The second kappa shape index (κ2) is 30.1. The largest absolute Gasteiger partial charge is 0.544 e. The van der Waals surface area contributed by atoms with E-state index >= 15 is 0 Å². The van der Waals surface area contributed by atoms with Gasteiger partial charge in [-0.1, -0.05) is 86.8 Å². The Bertz CT molecular complexity index is 1000. The van der Waals surface area contributed by atoms with Crippen LogP contribution in [0.5, 0.6) is 0 Å². The predicted molar refractivity (Wildman–Crippen MR) is 189 cm³/mol. The zero-order valence-corrected chi connectivity index (χ0v) is 29.9. The van der Waals surface area contributed by atoms with Gasteiger partial charge in [0.1, 0.15) is 12.6 Å². The molecule has 2 unspecified atom stereocenters. The fraction of sp³-hybridized carbons (Fsp3) is 0.615. The number of carboxylic acids is 1. The van der Waals surface area contributed by atoms with E-state index in [1.54, 1.807) is 21.1 Å². The Kier molecular flexibility index (Phi) is 28.1. The third-order valence-corrected chi connectivity index (χ3v) is 7.09. The van der Waals surface area contributed by atoms with Crippen molar-refractivity contribution < 1.29 is 38.2 Å². The normalized spacial score (nSPS) is 14.0. The highest BCUT2D eigenvalue weighted by Crippen LogP contribution is 2.10. The maximum atomic E-state index is 12.6. The summed E-state index contributed by atoms with van der Waals surface area (Å²) in [7, 11) is 5.35. The Morgan fingerprint density at radius 1 is 0.638 bits per heavy atom. The summed E-state index contributed by atoms with van der Waals surface area (Å²) < 4.78 is 16.9. The number of esters is 2. The molecule has 8 nitrogen and oxygen atoms in total. The van der Waals surface area contributed by atoms with Crippen molar-refractivity contribution >= 4 is 17.9 Å². The number of rotatable bonds is 29. The number of likely N-dealkylation sites (N-methyl/N-ethyl adjacent to an activating group) is 1. The second-order valence-corrected chi connectivity index (χ2v) is 12.3. The maximum absolute atomic E-state index is 12.6. The molecule has 0 saturated carbocycles. The van der Waals surface area contributed by atoms with Crippen LogP contribution in [0.25, 0.3) is 0 Å². The van der Waals surface area contributed by atoms with Crippen LogP contribution in [0.3, 0.4) is 0 Å². The topological polar surface area (TPSA) is 102 Å². The molecule has 0 radical (unpaired) electrons. The highest BCUT2D eigenvalue weighted by Gasteiger charge is 2.25. The van der Waals surface area contributed by atoms with Gasteiger partial charge >= 0.3 is 11.9 Å². The zero-order valence-electron chi connectivity index (χ0n) is 29.9. The van der Waals surface area contributed by atoms with E-state index in [0.29, 0.717) is 12.8 Å². The summed E-state index contributed by atoms with van der Waals surface area (Å²) in [4.78, 5) is 36.5. The highest BCUT2D eigenvalue weighted by atomic mass is 16.6. The highest BCUT2D eigenvalue weighted by molar-refractivity contribution is 5.70. The molecule has 0 aromatic heterocycles. The summed E-state index contributed by atoms with van der Waals surface area (Å²) in [5, 5.41) is 11.5. The molecule has 2 atom stereocenters. The lowest BCUT2D eigenvalue weighted by atomic mass is 10.1. The lowest BCUT2D eigenvalue weighted by molar-refractivity contribution is -0.889. The fourth-order valence-electron chi connectivity index (χ4n) is 4.40. The number of hydrogen-bond donors (Lipinski definition) is 0. The molecular weight excluding hydrogens is 594 g/mol. The average molecular weight is 658 g/mol. The van der Waals surface area contributed by atoms with E-state index in [-0.39, 0.29) is 55.5 Å². The fourth-order valence-corrected chi connectivity index (χ4v) is 4.40. The lowest BCUT2D eigenvalue weighted by Gasteiger charge is -2.34. The predicted octanol–water partition coefficient (Wildman–Crippen LogP) is 7.12. The first kappa shape index (κ1) is 43.8. The van der Waals surface area contributed by atoms with Gasteiger partial charge in [-0.15, -0.1) is 0 Å². The molecule has 0 spiro atoms. The smallest absolute Gasteiger partial charge is 0.306 e. The number of unbranched alkanes of at least 4 members (excludes halogenated alkanes) is 3. The number of ether oxygens (including phenoxy) is 3. The standard InChI is InChI=1S/C39H63NO7/c1-6-8-10-12-14-16-18-20-21-23-25-27-29-37(41)46-34-35(33-45-32-31-36(39(43)44)40(3,4)5)47-38(42)30-28-26-24-22-19-17-15-13-11-9-7-2/h8-11,14-17,20-22,24,35-36H,6-7,12-13,18-19,23,25-34H2,1-5H3/b10-8+,11-9+,16-14+,17-15+,21-20+,24-22+. The van der Waals surface area contributed by atoms with Crippen LogP contribution in [0.1, 0.15) is 104 Å². The molecule has 8 heteroatoms. The Hall–Kier alpha value is -3.23. The van der Waals surface area contributed by atoms with Crippen molar-refractivity contribution in [3.05, 3.63) is 72.9 Å². The van der Waals surface area contributed by atoms with Gasteiger partial charge in [-0.2, -0.15) is 0 Å². The number of aliphatic carboxylic acids is 1. The summed E-state index contributed by atoms with van der Waals surface area (Å²) in [5.41, 5.74) is 0. The van der Waals surface area contributed by atoms with Crippen LogP contribution in [0.15, 0.2) is 72.9 Å². The van der Waals surface area contributed by atoms with Gasteiger partial charge in [-0.25, -0.2) is 0 Å². The van der Waals surface area contributed by atoms with E-state index in [9.17, 15) is 19.5 Å². The van der Waals surface area contributed by atoms with E-state index in [2.05, 4.69) is 86.8 Å². The molecule has 0 N–H and O–H groups in total. The molecule has 0 aromatic rings. The van der Waals surface area contributed by atoms with Crippen molar-refractivity contribution in [2.24, 2.45) is 0 Å². The van der Waals surface area contributed by atoms with E-state index in [4.69, 9.17) is 14.2 Å². The van der Waals surface area contributed by atoms with Crippen LogP contribution < -0.4 is 5.11 Å². The van der Waals surface area contributed by atoms with Crippen LogP contribution in [0, 0.1) is 0 Å². The van der Waals surface area contributed by atoms with E-state index in [1.165, 1.54) is 0 Å². The molecule has 0 aliphatic carbocycles. The zero-order chi connectivity index (χ0) is 35.0. The summed E-state index contributed by atoms with van der Waals surface area (Å²) in [6.45, 7) is 4.28. The van der Waals surface area contributed by atoms with Crippen molar-refractivity contribution in [1.82, 2.24) is 0 Å². The van der Waals surface area contributed by atoms with Crippen LogP contribution >= 0.6 is 0 Å². The van der Waals surface area contributed by atoms with Gasteiger partial charge in [0.15, 0.2) is 6.10 Å². The number of carbonyl (C=O) groups excluding carboxylic acids is 3. The van der Waals surface area contributed by atoms with Gasteiger partial charge in [0.2, 0.25) is 0 Å². The molecule has 0 saturated heterocycles. The van der Waals surface area contributed by atoms with Gasteiger partial charge in [0.25, 0.3) is 0 Å². The lowest BCUT2D eigenvalue weighted by Crippen LogP contribution is -2.55. The Morgan fingerprint density at radius 3 is 1.64 bits per heavy atom.